The Morgan fingerprint density at radius 3 is 2.45 bits per heavy atom. The number of likely N-dealkylation sites (N-methyl/N-ethyl adjacent to an activating group) is 1. The number of hydrogen-bond acceptors (Lipinski definition) is 5. The third-order valence-electron chi connectivity index (χ3n) is 7.99. The minimum Gasteiger partial charge on any atom is -0.310 e. The second-order valence-electron chi connectivity index (χ2n) is 9.35. The molecule has 168 valence electrons. The van der Waals surface area contributed by atoms with Gasteiger partial charge in [-0.15, -0.1) is 0 Å². The Kier molecular flexibility index (Phi) is 4.21. The molecule has 3 fully saturated rings. The maximum atomic E-state index is 14.1. The normalized spacial score (nSPS) is 30.4. The monoisotopic (exact) mass is 443 g/mol. The van der Waals surface area contributed by atoms with E-state index in [2.05, 4.69) is 4.90 Å². The zero-order valence-electron chi connectivity index (χ0n) is 18.7. The van der Waals surface area contributed by atoms with E-state index in [-0.39, 0.29) is 29.5 Å². The molecule has 4 unspecified atom stereocenters. The molecule has 6 rings (SSSR count). The molecule has 0 aliphatic carbocycles. The van der Waals surface area contributed by atoms with Crippen molar-refractivity contribution in [2.45, 2.75) is 38.3 Å². The van der Waals surface area contributed by atoms with Gasteiger partial charge < -0.3 is 4.90 Å². The number of Topliss-reactive ketones (excluding diaryl/α,β-unsaturated/α-hetero) is 1. The molecule has 0 radical (unpaired) electrons. The number of carbonyl (C=O) groups is 4. The third-order valence-corrected chi connectivity index (χ3v) is 7.99. The van der Waals surface area contributed by atoms with Crippen LogP contribution >= 0.6 is 0 Å². The number of amides is 3. The number of ketones is 1. The van der Waals surface area contributed by atoms with E-state index in [0.29, 0.717) is 24.3 Å². The van der Waals surface area contributed by atoms with Gasteiger partial charge in [-0.05, 0) is 63.6 Å². The van der Waals surface area contributed by atoms with Crippen LogP contribution in [0.3, 0.4) is 0 Å². The first-order chi connectivity index (χ1) is 15.9. The minimum absolute atomic E-state index is 0.0779. The predicted molar refractivity (Wildman–Crippen MR) is 122 cm³/mol. The Bertz CT molecular complexity index is 1220. The Balaban J connectivity index is 1.52. The summed E-state index contributed by atoms with van der Waals surface area (Å²) in [6, 6.07) is 14.1. The van der Waals surface area contributed by atoms with Crippen LogP contribution in [0.4, 0.5) is 11.4 Å². The summed E-state index contributed by atoms with van der Waals surface area (Å²) < 4.78 is 0. The van der Waals surface area contributed by atoms with E-state index in [0.717, 1.165) is 24.1 Å². The highest BCUT2D eigenvalue weighted by molar-refractivity contribution is 6.26. The molecule has 1 spiro atoms. The molecule has 4 heterocycles. The average molecular weight is 444 g/mol. The lowest BCUT2D eigenvalue weighted by Crippen LogP contribution is -2.56. The van der Waals surface area contributed by atoms with Crippen molar-refractivity contribution in [3.05, 3.63) is 59.7 Å². The largest absolute Gasteiger partial charge is 0.310 e. The highest BCUT2D eigenvalue weighted by Gasteiger charge is 2.75. The molecule has 4 atom stereocenters. The van der Waals surface area contributed by atoms with Crippen molar-refractivity contribution in [1.82, 2.24) is 4.90 Å². The molecule has 7 nitrogen and oxygen atoms in total. The summed E-state index contributed by atoms with van der Waals surface area (Å²) in [5.41, 5.74) is 1.51. The average Bonchev–Trinajstić information content (AvgIpc) is 3.51. The molecular formula is C26H25N3O4. The van der Waals surface area contributed by atoms with Crippen LogP contribution in [0.25, 0.3) is 0 Å². The van der Waals surface area contributed by atoms with Gasteiger partial charge in [0.15, 0.2) is 5.78 Å². The number of benzene rings is 2. The lowest BCUT2D eigenvalue weighted by Gasteiger charge is -2.37. The molecule has 3 saturated heterocycles. The first-order valence-electron chi connectivity index (χ1n) is 11.6. The van der Waals surface area contributed by atoms with Gasteiger partial charge in [-0.1, -0.05) is 18.2 Å². The van der Waals surface area contributed by atoms with Gasteiger partial charge in [0.05, 0.1) is 17.5 Å². The quantitative estimate of drug-likeness (QED) is 0.539. The number of anilines is 2. The number of para-hydroxylation sites is 1. The van der Waals surface area contributed by atoms with Crippen LogP contribution in [0.5, 0.6) is 0 Å². The first-order valence-corrected chi connectivity index (χ1v) is 11.6. The highest BCUT2D eigenvalue weighted by Crippen LogP contribution is 2.61. The maximum Gasteiger partial charge on any atom is 0.253 e. The van der Waals surface area contributed by atoms with Gasteiger partial charge >= 0.3 is 0 Å². The molecule has 0 N–H and O–H groups in total. The van der Waals surface area contributed by atoms with Crippen molar-refractivity contribution < 1.29 is 19.2 Å². The number of imide groups is 1. The van der Waals surface area contributed by atoms with Crippen molar-refractivity contribution in [2.24, 2.45) is 11.8 Å². The Labute approximate surface area is 191 Å². The molecule has 0 saturated carbocycles. The minimum atomic E-state index is -1.14. The molecule has 4 aliphatic rings. The molecule has 2 aromatic rings. The van der Waals surface area contributed by atoms with Crippen molar-refractivity contribution in [2.75, 3.05) is 22.9 Å². The summed E-state index contributed by atoms with van der Waals surface area (Å²) >= 11 is 0. The second-order valence-corrected chi connectivity index (χ2v) is 9.35. The van der Waals surface area contributed by atoms with Crippen LogP contribution in [0, 0.1) is 11.8 Å². The fourth-order valence-corrected chi connectivity index (χ4v) is 6.75. The van der Waals surface area contributed by atoms with Crippen molar-refractivity contribution >= 4 is 34.9 Å². The summed E-state index contributed by atoms with van der Waals surface area (Å²) in [6.45, 7) is 4.62. The van der Waals surface area contributed by atoms with Gasteiger partial charge in [0.25, 0.3) is 5.91 Å². The molecular weight excluding hydrogens is 418 g/mol. The number of nitrogens with zero attached hydrogens (tertiary/aromatic N) is 3. The summed E-state index contributed by atoms with van der Waals surface area (Å²) in [5.74, 6) is -2.05. The zero-order chi connectivity index (χ0) is 23.1. The Morgan fingerprint density at radius 2 is 1.76 bits per heavy atom. The van der Waals surface area contributed by atoms with E-state index >= 15 is 0 Å². The van der Waals surface area contributed by atoms with Gasteiger partial charge in [-0.2, -0.15) is 0 Å². The van der Waals surface area contributed by atoms with Crippen LogP contribution in [-0.2, 0) is 19.9 Å². The molecule has 2 aromatic carbocycles. The molecule has 0 aromatic heterocycles. The summed E-state index contributed by atoms with van der Waals surface area (Å²) in [4.78, 5) is 58.7. The van der Waals surface area contributed by atoms with Crippen LogP contribution in [0.2, 0.25) is 0 Å². The van der Waals surface area contributed by atoms with Gasteiger partial charge in [-0.3, -0.25) is 24.1 Å². The molecule has 0 bridgehead atoms. The predicted octanol–water partition coefficient (Wildman–Crippen LogP) is 2.73. The first kappa shape index (κ1) is 20.3. The molecule has 3 amide bonds. The summed E-state index contributed by atoms with van der Waals surface area (Å²) in [5, 5.41) is 0. The smallest absolute Gasteiger partial charge is 0.253 e. The number of rotatable bonds is 3. The summed E-state index contributed by atoms with van der Waals surface area (Å²) in [6.07, 6.45) is 1.69. The SMILES string of the molecule is CCN1C(=O)C2(c3ccccc31)C1C(=O)N(c3ccc(C(C)=O)cc3)C(=O)C1C1CCCN12. The Hall–Kier alpha value is -3.32. The van der Waals surface area contributed by atoms with Crippen molar-refractivity contribution in [3.8, 4) is 0 Å². The van der Waals surface area contributed by atoms with Crippen molar-refractivity contribution in [1.29, 1.82) is 0 Å². The van der Waals surface area contributed by atoms with E-state index in [1.807, 2.05) is 31.2 Å². The van der Waals surface area contributed by atoms with Crippen LogP contribution in [-0.4, -0.2) is 47.5 Å². The van der Waals surface area contributed by atoms with Crippen LogP contribution in [0.1, 0.15) is 42.6 Å². The van der Waals surface area contributed by atoms with Crippen LogP contribution < -0.4 is 9.80 Å². The van der Waals surface area contributed by atoms with E-state index in [4.69, 9.17) is 0 Å². The fraction of sp³-hybridized carbons (Fsp3) is 0.385. The molecule has 4 aliphatic heterocycles. The summed E-state index contributed by atoms with van der Waals surface area (Å²) in [7, 11) is 0. The van der Waals surface area contributed by atoms with Gasteiger partial charge in [0.1, 0.15) is 5.54 Å². The van der Waals surface area contributed by atoms with Crippen LogP contribution in [0.15, 0.2) is 48.5 Å². The molecule has 33 heavy (non-hydrogen) atoms. The number of hydrogen-bond donors (Lipinski definition) is 0. The number of carbonyl (C=O) groups excluding carboxylic acids is 4. The lowest BCUT2D eigenvalue weighted by atomic mass is 9.75. The number of fused-ring (bicyclic) bond motifs is 7. The van der Waals surface area contributed by atoms with Gasteiger partial charge in [-0.25, -0.2) is 4.90 Å². The van der Waals surface area contributed by atoms with E-state index < -0.39 is 17.4 Å². The van der Waals surface area contributed by atoms with Gasteiger partial charge in [0, 0.05) is 29.4 Å². The van der Waals surface area contributed by atoms with E-state index in [1.165, 1.54) is 11.8 Å². The standard InChI is InChI=1S/C26H25N3O4/c1-3-27-19-8-5-4-7-18(19)26(25(27)33)22-21(20-9-6-14-28(20)26)23(31)29(24(22)32)17-12-10-16(11-13-17)15(2)30/h4-5,7-8,10-13,20-22H,3,6,9,14H2,1-2H3. The van der Waals surface area contributed by atoms with E-state index in [1.54, 1.807) is 29.2 Å². The van der Waals surface area contributed by atoms with Crippen molar-refractivity contribution in [3.63, 3.8) is 0 Å². The Morgan fingerprint density at radius 1 is 1.03 bits per heavy atom. The van der Waals surface area contributed by atoms with E-state index in [9.17, 15) is 19.2 Å². The third kappa shape index (κ3) is 2.33. The van der Waals surface area contributed by atoms with Gasteiger partial charge in [0.2, 0.25) is 11.8 Å². The maximum absolute atomic E-state index is 14.1. The lowest BCUT2D eigenvalue weighted by molar-refractivity contribution is -0.137. The fourth-order valence-electron chi connectivity index (χ4n) is 6.75. The highest BCUT2D eigenvalue weighted by atomic mass is 16.2. The second kappa shape index (κ2) is 6.84. The topological polar surface area (TPSA) is 78.0 Å². The zero-order valence-corrected chi connectivity index (χ0v) is 18.7. The molecule has 7 heteroatoms.